The Kier molecular flexibility index (Phi) is 5.77. The van der Waals surface area contributed by atoms with E-state index in [1.54, 1.807) is 25.1 Å². The Balaban J connectivity index is 1.69. The van der Waals surface area contributed by atoms with Gasteiger partial charge in [-0.05, 0) is 61.2 Å². The Morgan fingerprint density at radius 1 is 1.10 bits per heavy atom. The fraction of sp³-hybridized carbons (Fsp3) is 0.0952. The molecule has 0 N–H and O–H groups in total. The second-order valence-corrected chi connectivity index (χ2v) is 9.92. The molecular formula is C21H16BrN3O3S2. The van der Waals surface area contributed by atoms with E-state index in [-0.39, 0.29) is 16.0 Å². The van der Waals surface area contributed by atoms with Gasteiger partial charge in [-0.15, -0.1) is 4.40 Å². The number of para-hydroxylation sites is 1. The van der Waals surface area contributed by atoms with E-state index in [4.69, 9.17) is 0 Å². The molecule has 1 aromatic heterocycles. The molecule has 1 aliphatic heterocycles. The topological polar surface area (TPSA) is 79.7 Å². The van der Waals surface area contributed by atoms with E-state index in [9.17, 15) is 13.2 Å². The molecule has 1 amide bonds. The molecule has 0 saturated carbocycles. The van der Waals surface area contributed by atoms with Gasteiger partial charge in [-0.3, -0.25) is 9.69 Å². The van der Waals surface area contributed by atoms with Gasteiger partial charge >= 0.3 is 0 Å². The van der Waals surface area contributed by atoms with Crippen molar-refractivity contribution >= 4 is 65.8 Å². The van der Waals surface area contributed by atoms with E-state index < -0.39 is 10.0 Å². The number of sulfonamides is 1. The first-order valence-electron chi connectivity index (χ1n) is 9.05. The van der Waals surface area contributed by atoms with Gasteiger partial charge in [0.25, 0.3) is 15.9 Å². The fourth-order valence-electron chi connectivity index (χ4n) is 2.91. The predicted molar refractivity (Wildman–Crippen MR) is 123 cm³/mol. The zero-order chi connectivity index (χ0) is 21.3. The van der Waals surface area contributed by atoms with Gasteiger partial charge in [-0.2, -0.15) is 8.42 Å². The number of pyridine rings is 1. The van der Waals surface area contributed by atoms with Gasteiger partial charge in [0, 0.05) is 16.4 Å². The maximum Gasteiger partial charge on any atom is 0.284 e. The number of hydrogen-bond acceptors (Lipinski definition) is 5. The maximum absolute atomic E-state index is 12.8. The van der Waals surface area contributed by atoms with E-state index in [0.29, 0.717) is 17.1 Å². The largest absolute Gasteiger partial charge is 0.286 e. The monoisotopic (exact) mass is 501 g/mol. The van der Waals surface area contributed by atoms with Crippen molar-refractivity contribution in [2.45, 2.75) is 11.8 Å². The van der Waals surface area contributed by atoms with Crippen molar-refractivity contribution in [1.82, 2.24) is 9.88 Å². The van der Waals surface area contributed by atoms with Crippen LogP contribution in [-0.4, -0.2) is 35.9 Å². The number of likely N-dealkylation sites (N-methyl/N-ethyl adjacent to an activating group) is 1. The molecular weight excluding hydrogens is 486 g/mol. The zero-order valence-corrected chi connectivity index (χ0v) is 19.0. The van der Waals surface area contributed by atoms with Crippen molar-refractivity contribution in [2.24, 2.45) is 4.40 Å². The summed E-state index contributed by atoms with van der Waals surface area (Å²) < 4.78 is 30.1. The average molecular weight is 502 g/mol. The molecule has 6 nitrogen and oxygen atoms in total. The minimum Gasteiger partial charge on any atom is -0.286 e. The molecule has 2 aromatic carbocycles. The summed E-state index contributed by atoms with van der Waals surface area (Å²) in [5.41, 5.74) is 1.44. The third kappa shape index (κ3) is 4.19. The lowest BCUT2D eigenvalue weighted by Crippen LogP contribution is -2.29. The molecule has 9 heteroatoms. The van der Waals surface area contributed by atoms with Crippen LogP contribution in [0.15, 0.2) is 79.3 Å². The number of aromatic nitrogens is 1. The van der Waals surface area contributed by atoms with Crippen LogP contribution in [0.5, 0.6) is 0 Å². The van der Waals surface area contributed by atoms with E-state index in [1.807, 2.05) is 36.4 Å². The van der Waals surface area contributed by atoms with E-state index in [1.165, 1.54) is 17.0 Å². The van der Waals surface area contributed by atoms with E-state index in [0.717, 1.165) is 27.1 Å². The van der Waals surface area contributed by atoms with Gasteiger partial charge in [0.2, 0.25) is 0 Å². The number of benzene rings is 2. The van der Waals surface area contributed by atoms with Crippen LogP contribution in [0.2, 0.25) is 0 Å². The first-order valence-corrected chi connectivity index (χ1v) is 12.1. The minimum absolute atomic E-state index is 0.0657. The second kappa shape index (κ2) is 8.33. The number of amides is 1. The Morgan fingerprint density at radius 3 is 2.57 bits per heavy atom. The highest BCUT2D eigenvalue weighted by Crippen LogP contribution is 2.33. The zero-order valence-electron chi connectivity index (χ0n) is 15.8. The summed E-state index contributed by atoms with van der Waals surface area (Å²) in [5.74, 6) is -0.290. The summed E-state index contributed by atoms with van der Waals surface area (Å²) in [6, 6.07) is 17.7. The van der Waals surface area contributed by atoms with Crippen LogP contribution in [0.1, 0.15) is 12.6 Å². The first kappa shape index (κ1) is 20.8. The molecule has 0 bridgehead atoms. The van der Waals surface area contributed by atoms with Gasteiger partial charge in [-0.1, -0.05) is 40.2 Å². The highest BCUT2D eigenvalue weighted by molar-refractivity contribution is 9.10. The molecule has 3 aromatic rings. The molecule has 0 spiro atoms. The van der Waals surface area contributed by atoms with Crippen LogP contribution in [-0.2, 0) is 14.8 Å². The average Bonchev–Trinajstić information content (AvgIpc) is 3.01. The smallest absolute Gasteiger partial charge is 0.284 e. The molecule has 2 heterocycles. The SMILES string of the molecule is CCN1C(=O)/C(=C/c2ccc3ccccc3n2)S/C1=N/S(=O)(=O)c1ccc(Br)cc1. The molecule has 0 unspecified atom stereocenters. The van der Waals surface area contributed by atoms with Crippen molar-refractivity contribution in [1.29, 1.82) is 0 Å². The van der Waals surface area contributed by atoms with E-state index >= 15 is 0 Å². The molecule has 30 heavy (non-hydrogen) atoms. The Morgan fingerprint density at radius 2 is 1.83 bits per heavy atom. The van der Waals surface area contributed by atoms with Crippen molar-refractivity contribution in [2.75, 3.05) is 6.54 Å². The quantitative estimate of drug-likeness (QED) is 0.485. The van der Waals surface area contributed by atoms with Crippen molar-refractivity contribution < 1.29 is 13.2 Å². The summed E-state index contributed by atoms with van der Waals surface area (Å²) in [6.07, 6.45) is 1.66. The molecule has 1 aliphatic rings. The molecule has 152 valence electrons. The number of thioether (sulfide) groups is 1. The Hall–Kier alpha value is -2.49. The summed E-state index contributed by atoms with van der Waals surface area (Å²) in [5, 5.41) is 1.14. The normalized spacial score (nSPS) is 17.4. The lowest BCUT2D eigenvalue weighted by molar-refractivity contribution is -0.122. The number of fused-ring (bicyclic) bond motifs is 1. The number of carbonyl (C=O) groups excluding carboxylic acids is 1. The molecule has 4 rings (SSSR count). The standard InChI is InChI=1S/C21H16BrN3O3S2/c1-2-25-20(26)19(13-16-10-7-14-5-3-4-6-18(14)23-16)29-21(25)24-30(27,28)17-11-8-15(22)9-12-17/h3-13H,2H2,1H3/b19-13-,24-21+. The van der Waals surface area contributed by atoms with Crippen LogP contribution in [0.3, 0.4) is 0 Å². The lowest BCUT2D eigenvalue weighted by Gasteiger charge is -2.11. The van der Waals surface area contributed by atoms with Crippen molar-refractivity contribution in [3.8, 4) is 0 Å². The van der Waals surface area contributed by atoms with Gasteiger partial charge in [0.15, 0.2) is 5.17 Å². The Bertz CT molecular complexity index is 1300. The van der Waals surface area contributed by atoms with Gasteiger partial charge in [-0.25, -0.2) is 4.98 Å². The summed E-state index contributed by atoms with van der Waals surface area (Å²) in [6.45, 7) is 2.08. The summed E-state index contributed by atoms with van der Waals surface area (Å²) in [4.78, 5) is 19.2. The van der Waals surface area contributed by atoms with Crippen LogP contribution >= 0.6 is 27.7 Å². The molecule has 1 fully saturated rings. The van der Waals surface area contributed by atoms with Crippen LogP contribution in [0.4, 0.5) is 0 Å². The fourth-order valence-corrected chi connectivity index (χ4v) is 5.41. The summed E-state index contributed by atoms with van der Waals surface area (Å²) >= 11 is 4.32. The second-order valence-electron chi connectivity index (χ2n) is 6.39. The minimum atomic E-state index is -3.94. The third-order valence-corrected chi connectivity index (χ3v) is 7.35. The summed E-state index contributed by atoms with van der Waals surface area (Å²) in [7, 11) is -3.94. The Labute approximate surface area is 186 Å². The number of nitrogens with zero attached hydrogens (tertiary/aromatic N) is 3. The number of carbonyl (C=O) groups is 1. The number of rotatable bonds is 4. The van der Waals surface area contributed by atoms with Crippen molar-refractivity contribution in [3.63, 3.8) is 0 Å². The highest BCUT2D eigenvalue weighted by atomic mass is 79.9. The van der Waals surface area contributed by atoms with Crippen molar-refractivity contribution in [3.05, 3.63) is 75.7 Å². The van der Waals surface area contributed by atoms with Crippen LogP contribution < -0.4 is 0 Å². The first-order chi connectivity index (χ1) is 14.4. The molecule has 0 atom stereocenters. The number of halogens is 1. The maximum atomic E-state index is 12.8. The number of hydrogen-bond donors (Lipinski definition) is 0. The van der Waals surface area contributed by atoms with Gasteiger partial charge in [0.1, 0.15) is 0 Å². The molecule has 0 radical (unpaired) electrons. The highest BCUT2D eigenvalue weighted by Gasteiger charge is 2.34. The third-order valence-electron chi connectivity index (χ3n) is 4.41. The van der Waals surface area contributed by atoms with Gasteiger partial charge < -0.3 is 0 Å². The predicted octanol–water partition coefficient (Wildman–Crippen LogP) is 4.68. The molecule has 1 saturated heterocycles. The lowest BCUT2D eigenvalue weighted by atomic mass is 10.2. The van der Waals surface area contributed by atoms with E-state index in [2.05, 4.69) is 25.3 Å². The van der Waals surface area contributed by atoms with Crippen LogP contribution in [0.25, 0.3) is 17.0 Å². The van der Waals surface area contributed by atoms with Crippen LogP contribution in [0, 0.1) is 0 Å². The number of amidine groups is 1. The molecule has 0 aliphatic carbocycles. The van der Waals surface area contributed by atoms with Gasteiger partial charge in [0.05, 0.1) is 21.0 Å².